The first kappa shape index (κ1) is 10.5. The summed E-state index contributed by atoms with van der Waals surface area (Å²) in [6.07, 6.45) is 0. The van der Waals surface area contributed by atoms with Gasteiger partial charge in [0.25, 0.3) is 5.91 Å². The van der Waals surface area contributed by atoms with Crippen LogP contribution in [0.3, 0.4) is 0 Å². The number of carbonyl (C=O) groups excluding carboxylic acids is 1. The van der Waals surface area contributed by atoms with Gasteiger partial charge in [0, 0.05) is 25.7 Å². The van der Waals surface area contributed by atoms with Gasteiger partial charge in [0.15, 0.2) is 0 Å². The molecule has 76 valence electrons. The summed E-state index contributed by atoms with van der Waals surface area (Å²) in [4.78, 5) is 13.3. The van der Waals surface area contributed by atoms with E-state index in [1.165, 1.54) is 13.8 Å². The summed E-state index contributed by atoms with van der Waals surface area (Å²) >= 11 is 0. The third kappa shape index (κ3) is 2.67. The average molecular weight is 186 g/mol. The van der Waals surface area contributed by atoms with E-state index in [0.29, 0.717) is 19.1 Å². The van der Waals surface area contributed by atoms with Crippen molar-refractivity contribution in [1.29, 1.82) is 0 Å². The molecule has 0 bridgehead atoms. The van der Waals surface area contributed by atoms with Crippen LogP contribution in [0.2, 0.25) is 0 Å². The molecule has 1 atom stereocenters. The molecule has 4 nitrogen and oxygen atoms in total. The highest BCUT2D eigenvalue weighted by atomic mass is 16.3. The lowest BCUT2D eigenvalue weighted by molar-refractivity contribution is -0.149. The molecule has 0 aliphatic carbocycles. The van der Waals surface area contributed by atoms with Gasteiger partial charge >= 0.3 is 0 Å². The van der Waals surface area contributed by atoms with Crippen molar-refractivity contribution in [2.75, 3.05) is 19.6 Å². The first-order valence-electron chi connectivity index (χ1n) is 4.66. The number of nitrogens with one attached hydrogen (secondary N) is 1. The lowest BCUT2D eigenvalue weighted by Gasteiger charge is -2.35. The van der Waals surface area contributed by atoms with Crippen molar-refractivity contribution in [2.45, 2.75) is 32.4 Å². The second-order valence-corrected chi connectivity index (χ2v) is 4.17. The van der Waals surface area contributed by atoms with Gasteiger partial charge in [0.1, 0.15) is 5.60 Å². The van der Waals surface area contributed by atoms with E-state index in [2.05, 4.69) is 5.32 Å². The number of hydrogen-bond acceptors (Lipinski definition) is 3. The smallest absolute Gasteiger partial charge is 0.254 e. The topological polar surface area (TPSA) is 52.6 Å². The van der Waals surface area contributed by atoms with Crippen molar-refractivity contribution in [3.63, 3.8) is 0 Å². The van der Waals surface area contributed by atoms with Gasteiger partial charge < -0.3 is 15.3 Å². The van der Waals surface area contributed by atoms with Crippen LogP contribution < -0.4 is 5.32 Å². The zero-order valence-corrected chi connectivity index (χ0v) is 8.50. The van der Waals surface area contributed by atoms with E-state index >= 15 is 0 Å². The zero-order valence-electron chi connectivity index (χ0n) is 8.50. The van der Waals surface area contributed by atoms with Crippen LogP contribution in [0.25, 0.3) is 0 Å². The summed E-state index contributed by atoms with van der Waals surface area (Å²) in [6, 6.07) is 0.319. The minimum Gasteiger partial charge on any atom is -0.381 e. The van der Waals surface area contributed by atoms with Crippen molar-refractivity contribution in [1.82, 2.24) is 10.2 Å². The highest BCUT2D eigenvalue weighted by Crippen LogP contribution is 2.09. The fraction of sp³-hybridized carbons (Fsp3) is 0.889. The summed E-state index contributed by atoms with van der Waals surface area (Å²) in [5.74, 6) is -0.180. The molecule has 13 heavy (non-hydrogen) atoms. The van der Waals surface area contributed by atoms with Crippen LogP contribution in [0, 0.1) is 0 Å². The Balaban J connectivity index is 2.56. The second kappa shape index (κ2) is 3.64. The molecule has 1 amide bonds. The summed E-state index contributed by atoms with van der Waals surface area (Å²) in [6.45, 7) is 7.27. The predicted octanol–water partition coefficient (Wildman–Crippen LogP) is -0.422. The number of piperazine rings is 1. The second-order valence-electron chi connectivity index (χ2n) is 4.17. The summed E-state index contributed by atoms with van der Waals surface area (Å²) in [7, 11) is 0. The van der Waals surface area contributed by atoms with Crippen LogP contribution in [-0.2, 0) is 4.79 Å². The number of aliphatic hydroxyl groups is 1. The molecule has 1 aliphatic rings. The molecule has 0 aromatic heterocycles. The first-order valence-corrected chi connectivity index (χ1v) is 4.66. The highest BCUT2D eigenvalue weighted by molar-refractivity contribution is 5.84. The predicted molar refractivity (Wildman–Crippen MR) is 50.3 cm³/mol. The third-order valence-electron chi connectivity index (χ3n) is 2.18. The van der Waals surface area contributed by atoms with Crippen LogP contribution in [0.15, 0.2) is 0 Å². The molecule has 1 aliphatic heterocycles. The summed E-state index contributed by atoms with van der Waals surface area (Å²) < 4.78 is 0. The standard InChI is InChI=1S/C9H18N2O2/c1-7-6-11(5-4-10-7)8(12)9(2,3)13/h7,10,13H,4-6H2,1-3H3. The van der Waals surface area contributed by atoms with Crippen molar-refractivity contribution < 1.29 is 9.90 Å². The highest BCUT2D eigenvalue weighted by Gasteiger charge is 2.31. The van der Waals surface area contributed by atoms with Crippen LogP contribution in [0.5, 0.6) is 0 Å². The molecule has 1 heterocycles. The summed E-state index contributed by atoms with van der Waals surface area (Å²) in [5.41, 5.74) is -1.24. The Morgan fingerprint density at radius 2 is 2.23 bits per heavy atom. The molecule has 0 aromatic rings. The van der Waals surface area contributed by atoms with Gasteiger partial charge in [-0.3, -0.25) is 4.79 Å². The lowest BCUT2D eigenvalue weighted by Crippen LogP contribution is -2.56. The van der Waals surface area contributed by atoms with Gasteiger partial charge in [0.05, 0.1) is 0 Å². The van der Waals surface area contributed by atoms with E-state index in [9.17, 15) is 9.90 Å². The van der Waals surface area contributed by atoms with E-state index in [1.807, 2.05) is 6.92 Å². The third-order valence-corrected chi connectivity index (χ3v) is 2.18. The molecule has 2 N–H and O–H groups in total. The first-order chi connectivity index (χ1) is 5.91. The van der Waals surface area contributed by atoms with Gasteiger partial charge in [-0.1, -0.05) is 0 Å². The van der Waals surface area contributed by atoms with Gasteiger partial charge in [0.2, 0.25) is 0 Å². The average Bonchev–Trinajstić information content (AvgIpc) is 2.01. The molecular weight excluding hydrogens is 168 g/mol. The molecule has 4 heteroatoms. The monoisotopic (exact) mass is 186 g/mol. The number of nitrogens with zero attached hydrogens (tertiary/aromatic N) is 1. The largest absolute Gasteiger partial charge is 0.381 e. The van der Waals surface area contributed by atoms with Gasteiger partial charge in [-0.25, -0.2) is 0 Å². The van der Waals surface area contributed by atoms with E-state index in [-0.39, 0.29) is 5.91 Å². The number of hydrogen-bond donors (Lipinski definition) is 2. The Morgan fingerprint density at radius 1 is 1.62 bits per heavy atom. The molecule has 1 unspecified atom stereocenters. The van der Waals surface area contributed by atoms with E-state index < -0.39 is 5.60 Å². The lowest BCUT2D eigenvalue weighted by atomic mass is 10.1. The zero-order chi connectivity index (χ0) is 10.1. The minimum atomic E-state index is -1.24. The van der Waals surface area contributed by atoms with Gasteiger partial charge in [-0.2, -0.15) is 0 Å². The number of carbonyl (C=O) groups is 1. The molecular formula is C9H18N2O2. The molecule has 1 rings (SSSR count). The normalized spacial score (nSPS) is 24.6. The minimum absolute atomic E-state index is 0.180. The SMILES string of the molecule is CC1CN(C(=O)C(C)(C)O)CCN1. The Hall–Kier alpha value is -0.610. The Kier molecular flexibility index (Phi) is 2.93. The Bertz CT molecular complexity index is 198. The van der Waals surface area contributed by atoms with Crippen LogP contribution >= 0.6 is 0 Å². The molecule has 1 fully saturated rings. The maximum absolute atomic E-state index is 11.6. The molecule has 0 radical (unpaired) electrons. The molecule has 0 saturated carbocycles. The van der Waals surface area contributed by atoms with Crippen LogP contribution in [-0.4, -0.2) is 47.2 Å². The van der Waals surface area contributed by atoms with E-state index in [0.717, 1.165) is 6.54 Å². The van der Waals surface area contributed by atoms with Crippen molar-refractivity contribution >= 4 is 5.91 Å². The molecule has 0 spiro atoms. The van der Waals surface area contributed by atoms with Crippen molar-refractivity contribution in [3.05, 3.63) is 0 Å². The number of rotatable bonds is 1. The maximum Gasteiger partial charge on any atom is 0.254 e. The number of amides is 1. The molecule has 1 saturated heterocycles. The Labute approximate surface area is 78.9 Å². The van der Waals surface area contributed by atoms with E-state index in [1.54, 1.807) is 4.90 Å². The van der Waals surface area contributed by atoms with Crippen molar-refractivity contribution in [2.24, 2.45) is 0 Å². The fourth-order valence-electron chi connectivity index (χ4n) is 1.50. The maximum atomic E-state index is 11.6. The fourth-order valence-corrected chi connectivity index (χ4v) is 1.50. The Morgan fingerprint density at radius 3 is 2.69 bits per heavy atom. The quantitative estimate of drug-likeness (QED) is 0.584. The van der Waals surface area contributed by atoms with Crippen molar-refractivity contribution in [3.8, 4) is 0 Å². The molecule has 0 aromatic carbocycles. The van der Waals surface area contributed by atoms with Crippen LogP contribution in [0.4, 0.5) is 0 Å². The van der Waals surface area contributed by atoms with Gasteiger partial charge in [-0.15, -0.1) is 0 Å². The van der Waals surface area contributed by atoms with Gasteiger partial charge in [-0.05, 0) is 20.8 Å². The van der Waals surface area contributed by atoms with Crippen LogP contribution in [0.1, 0.15) is 20.8 Å². The summed E-state index contributed by atoms with van der Waals surface area (Å²) in [5, 5.41) is 12.8. The van der Waals surface area contributed by atoms with E-state index in [4.69, 9.17) is 0 Å².